The van der Waals surface area contributed by atoms with Gasteiger partial charge in [0.1, 0.15) is 5.82 Å². The number of imidazole rings is 1. The lowest BCUT2D eigenvalue weighted by molar-refractivity contribution is -0.125. The highest BCUT2D eigenvalue weighted by atomic mass is 19.1. The number of halogens is 1. The summed E-state index contributed by atoms with van der Waals surface area (Å²) in [6.45, 7) is 0.416. The summed E-state index contributed by atoms with van der Waals surface area (Å²) < 4.78 is 20.1. The highest BCUT2D eigenvalue weighted by Crippen LogP contribution is 2.19. The predicted molar refractivity (Wildman–Crippen MR) is 81.7 cm³/mol. The lowest BCUT2D eigenvalue weighted by Crippen LogP contribution is -2.25. The molecule has 0 N–H and O–H groups in total. The van der Waals surface area contributed by atoms with E-state index >= 15 is 0 Å². The van der Waals surface area contributed by atoms with Crippen LogP contribution in [0.2, 0.25) is 0 Å². The van der Waals surface area contributed by atoms with Crippen molar-refractivity contribution in [2.75, 3.05) is 14.2 Å². The summed E-state index contributed by atoms with van der Waals surface area (Å²) in [7, 11) is 4.98. The van der Waals surface area contributed by atoms with Crippen LogP contribution in [0.4, 0.5) is 4.39 Å². The number of aromatic nitrogens is 2. The number of methoxy groups -OCH3 is 1. The summed E-state index contributed by atoms with van der Waals surface area (Å²) in [4.78, 5) is 17.8. The fourth-order valence-corrected chi connectivity index (χ4v) is 1.91. The molecule has 5 nitrogen and oxygen atoms in total. The standard InChI is InChI=1S/C16H18FN3O2/c1-19-9-8-18-15(19)11-20(2)16(21)7-5-12-4-6-13(17)14(10-12)22-3/h4-10H,11H2,1-3H3/b7-5+. The van der Waals surface area contributed by atoms with Crippen LogP contribution in [0.5, 0.6) is 5.75 Å². The monoisotopic (exact) mass is 303 g/mol. The Morgan fingerprint density at radius 1 is 1.50 bits per heavy atom. The molecule has 0 saturated heterocycles. The SMILES string of the molecule is COc1cc(/C=C/C(=O)N(C)Cc2nccn2C)ccc1F. The van der Waals surface area contributed by atoms with Crippen LogP contribution in [-0.2, 0) is 18.4 Å². The highest BCUT2D eigenvalue weighted by molar-refractivity contribution is 5.91. The van der Waals surface area contributed by atoms with Crippen LogP contribution in [0.3, 0.4) is 0 Å². The van der Waals surface area contributed by atoms with Crippen molar-refractivity contribution in [3.63, 3.8) is 0 Å². The van der Waals surface area contributed by atoms with Crippen molar-refractivity contribution in [2.45, 2.75) is 6.54 Å². The van der Waals surface area contributed by atoms with Gasteiger partial charge in [0.15, 0.2) is 11.6 Å². The fourth-order valence-electron chi connectivity index (χ4n) is 1.91. The Hall–Kier alpha value is -2.63. The topological polar surface area (TPSA) is 47.4 Å². The van der Waals surface area contributed by atoms with Crippen LogP contribution < -0.4 is 4.74 Å². The summed E-state index contributed by atoms with van der Waals surface area (Å²) in [5.74, 6) is 0.354. The minimum absolute atomic E-state index is 0.149. The molecule has 116 valence electrons. The summed E-state index contributed by atoms with van der Waals surface area (Å²) in [5.41, 5.74) is 0.692. The number of nitrogens with zero attached hydrogens (tertiary/aromatic N) is 3. The van der Waals surface area contributed by atoms with Crippen LogP contribution in [0.25, 0.3) is 6.08 Å². The second-order valence-electron chi connectivity index (χ2n) is 4.88. The zero-order valence-electron chi connectivity index (χ0n) is 12.8. The van der Waals surface area contributed by atoms with E-state index in [0.717, 1.165) is 5.82 Å². The molecular weight excluding hydrogens is 285 g/mol. The van der Waals surface area contributed by atoms with E-state index in [4.69, 9.17) is 4.74 Å². The normalized spacial score (nSPS) is 10.9. The molecule has 1 amide bonds. The van der Waals surface area contributed by atoms with Crippen molar-refractivity contribution < 1.29 is 13.9 Å². The maximum Gasteiger partial charge on any atom is 0.246 e. The number of carbonyl (C=O) groups excluding carboxylic acids is 1. The van der Waals surface area contributed by atoms with Gasteiger partial charge in [-0.1, -0.05) is 6.07 Å². The Morgan fingerprint density at radius 2 is 2.27 bits per heavy atom. The average molecular weight is 303 g/mol. The molecule has 0 spiro atoms. The molecule has 0 fully saturated rings. The quantitative estimate of drug-likeness (QED) is 0.796. The summed E-state index contributed by atoms with van der Waals surface area (Å²) >= 11 is 0. The third kappa shape index (κ3) is 3.72. The van der Waals surface area contributed by atoms with Crippen LogP contribution in [-0.4, -0.2) is 34.5 Å². The average Bonchev–Trinajstić information content (AvgIpc) is 2.91. The molecule has 0 aliphatic heterocycles. The smallest absolute Gasteiger partial charge is 0.246 e. The molecule has 1 aromatic heterocycles. The van der Waals surface area contributed by atoms with E-state index < -0.39 is 5.82 Å². The van der Waals surface area contributed by atoms with E-state index in [9.17, 15) is 9.18 Å². The molecule has 0 unspecified atom stereocenters. The van der Waals surface area contributed by atoms with Crippen molar-refractivity contribution in [2.24, 2.45) is 7.05 Å². The maximum absolute atomic E-state index is 13.3. The second-order valence-corrected chi connectivity index (χ2v) is 4.88. The number of carbonyl (C=O) groups is 1. The molecule has 0 aliphatic rings. The number of amides is 1. The van der Waals surface area contributed by atoms with Crippen LogP contribution in [0, 0.1) is 5.82 Å². The van der Waals surface area contributed by atoms with Gasteiger partial charge in [0, 0.05) is 32.6 Å². The van der Waals surface area contributed by atoms with Gasteiger partial charge in [-0.15, -0.1) is 0 Å². The van der Waals surface area contributed by atoms with Crippen molar-refractivity contribution in [1.29, 1.82) is 0 Å². The van der Waals surface area contributed by atoms with Crippen molar-refractivity contribution in [3.8, 4) is 5.75 Å². The molecule has 0 atom stereocenters. The Labute approximate surface area is 128 Å². The number of benzene rings is 1. The first-order chi connectivity index (χ1) is 10.5. The number of rotatable bonds is 5. The molecule has 1 heterocycles. The summed E-state index contributed by atoms with van der Waals surface area (Å²) in [6.07, 6.45) is 6.58. The minimum Gasteiger partial charge on any atom is -0.494 e. The number of hydrogen-bond donors (Lipinski definition) is 0. The zero-order chi connectivity index (χ0) is 16.1. The first kappa shape index (κ1) is 15.8. The second kappa shape index (κ2) is 6.89. The Balaban J connectivity index is 2.03. The van der Waals surface area contributed by atoms with Gasteiger partial charge in [0.25, 0.3) is 0 Å². The zero-order valence-corrected chi connectivity index (χ0v) is 12.8. The summed E-state index contributed by atoms with van der Waals surface area (Å²) in [6, 6.07) is 4.43. The largest absolute Gasteiger partial charge is 0.494 e. The predicted octanol–water partition coefficient (Wildman–Crippen LogP) is 2.24. The lowest BCUT2D eigenvalue weighted by Gasteiger charge is -2.14. The number of likely N-dealkylation sites (N-methyl/N-ethyl adjacent to an activating group) is 1. The van der Waals surface area contributed by atoms with Gasteiger partial charge >= 0.3 is 0 Å². The van der Waals surface area contributed by atoms with Gasteiger partial charge in [-0.2, -0.15) is 0 Å². The van der Waals surface area contributed by atoms with Crippen LogP contribution in [0.15, 0.2) is 36.7 Å². The Bertz CT molecular complexity index is 694. The van der Waals surface area contributed by atoms with Gasteiger partial charge in [0.05, 0.1) is 13.7 Å². The van der Waals surface area contributed by atoms with Crippen molar-refractivity contribution >= 4 is 12.0 Å². The third-order valence-electron chi connectivity index (χ3n) is 3.27. The van der Waals surface area contributed by atoms with Gasteiger partial charge in [-0.25, -0.2) is 9.37 Å². The van der Waals surface area contributed by atoms with E-state index in [1.54, 1.807) is 30.3 Å². The van der Waals surface area contributed by atoms with Crippen molar-refractivity contribution in [3.05, 3.63) is 53.9 Å². The molecule has 0 saturated carbocycles. The minimum atomic E-state index is -0.433. The fraction of sp³-hybridized carbons (Fsp3) is 0.250. The van der Waals surface area contributed by atoms with Gasteiger partial charge in [0.2, 0.25) is 5.91 Å². The highest BCUT2D eigenvalue weighted by Gasteiger charge is 2.09. The van der Waals surface area contributed by atoms with Crippen molar-refractivity contribution in [1.82, 2.24) is 14.5 Å². The third-order valence-corrected chi connectivity index (χ3v) is 3.27. The molecule has 0 radical (unpaired) electrons. The molecule has 2 rings (SSSR count). The Kier molecular flexibility index (Phi) is 4.93. The van der Waals surface area contributed by atoms with E-state index in [1.165, 1.54) is 25.3 Å². The first-order valence-electron chi connectivity index (χ1n) is 6.74. The molecule has 0 aliphatic carbocycles. The molecule has 2 aromatic rings. The van der Waals surface area contributed by atoms with Gasteiger partial charge < -0.3 is 14.2 Å². The Morgan fingerprint density at radius 3 is 2.91 bits per heavy atom. The molecule has 0 bridgehead atoms. The number of hydrogen-bond acceptors (Lipinski definition) is 3. The van der Waals surface area contributed by atoms with E-state index in [-0.39, 0.29) is 11.7 Å². The molecule has 6 heteroatoms. The van der Waals surface area contributed by atoms with Crippen LogP contribution >= 0.6 is 0 Å². The summed E-state index contributed by atoms with van der Waals surface area (Å²) in [5, 5.41) is 0. The van der Waals surface area contributed by atoms with Crippen LogP contribution in [0.1, 0.15) is 11.4 Å². The first-order valence-corrected chi connectivity index (χ1v) is 6.74. The van der Waals surface area contributed by atoms with Gasteiger partial charge in [-0.3, -0.25) is 4.79 Å². The lowest BCUT2D eigenvalue weighted by atomic mass is 10.2. The van der Waals surface area contributed by atoms with E-state index in [2.05, 4.69) is 4.98 Å². The molecule has 1 aromatic carbocycles. The van der Waals surface area contributed by atoms with E-state index in [1.807, 2.05) is 17.8 Å². The number of aryl methyl sites for hydroxylation is 1. The van der Waals surface area contributed by atoms with E-state index in [0.29, 0.717) is 12.1 Å². The van der Waals surface area contributed by atoms with Gasteiger partial charge in [-0.05, 0) is 23.8 Å². The molecular formula is C16H18FN3O2. The maximum atomic E-state index is 13.3. The molecule has 22 heavy (non-hydrogen) atoms. The number of ether oxygens (including phenoxy) is 1.